The fourth-order valence-electron chi connectivity index (χ4n) is 3.18. The number of alkyl halides is 3. The van der Waals surface area contributed by atoms with Crippen LogP contribution >= 0.6 is 11.3 Å². The highest BCUT2D eigenvalue weighted by atomic mass is 32.1. The molecule has 2 atom stereocenters. The van der Waals surface area contributed by atoms with E-state index in [1.807, 2.05) is 6.92 Å². The molecule has 2 bridgehead atoms. The SMILES string of the molecule is CCNC(c1cnc(C(F)(F)F)s1)C1CN2CCN1CC2. The van der Waals surface area contributed by atoms with E-state index in [-0.39, 0.29) is 12.1 Å². The van der Waals surface area contributed by atoms with Gasteiger partial charge in [-0.3, -0.25) is 9.80 Å². The molecular formula is C13H19F3N4S. The van der Waals surface area contributed by atoms with Crippen molar-refractivity contribution in [3.63, 3.8) is 0 Å². The minimum absolute atomic E-state index is 0.0771. The molecule has 3 aliphatic heterocycles. The highest BCUT2D eigenvalue weighted by molar-refractivity contribution is 7.11. The lowest BCUT2D eigenvalue weighted by Crippen LogP contribution is -2.63. The fraction of sp³-hybridized carbons (Fsp3) is 0.769. The average molecular weight is 320 g/mol. The Morgan fingerprint density at radius 1 is 1.38 bits per heavy atom. The Balaban J connectivity index is 1.82. The first-order valence-electron chi connectivity index (χ1n) is 7.21. The van der Waals surface area contributed by atoms with Crippen LogP contribution in [0.15, 0.2) is 6.20 Å². The van der Waals surface area contributed by atoms with Gasteiger partial charge in [-0.1, -0.05) is 6.92 Å². The summed E-state index contributed by atoms with van der Waals surface area (Å²) in [6.07, 6.45) is -2.96. The summed E-state index contributed by atoms with van der Waals surface area (Å²) in [7, 11) is 0. The Labute approximate surface area is 125 Å². The first kappa shape index (κ1) is 15.2. The number of thiazole rings is 1. The average Bonchev–Trinajstić information content (AvgIpc) is 2.95. The van der Waals surface area contributed by atoms with Gasteiger partial charge in [0.05, 0.1) is 6.04 Å². The van der Waals surface area contributed by atoms with Crippen molar-refractivity contribution in [1.82, 2.24) is 20.1 Å². The summed E-state index contributed by atoms with van der Waals surface area (Å²) in [5, 5.41) is 2.60. The van der Waals surface area contributed by atoms with Crippen molar-refractivity contribution in [3.8, 4) is 0 Å². The van der Waals surface area contributed by atoms with Crippen molar-refractivity contribution in [2.45, 2.75) is 25.2 Å². The van der Waals surface area contributed by atoms with Gasteiger partial charge in [-0.05, 0) is 6.54 Å². The van der Waals surface area contributed by atoms with Crippen LogP contribution in [0, 0.1) is 0 Å². The molecule has 0 radical (unpaired) electrons. The van der Waals surface area contributed by atoms with Gasteiger partial charge in [-0.15, -0.1) is 11.3 Å². The number of nitrogens with one attached hydrogen (secondary N) is 1. The van der Waals surface area contributed by atoms with Gasteiger partial charge >= 0.3 is 6.18 Å². The number of nitrogens with zero attached hydrogens (tertiary/aromatic N) is 3. The van der Waals surface area contributed by atoms with E-state index in [4.69, 9.17) is 0 Å². The molecule has 118 valence electrons. The monoisotopic (exact) mass is 320 g/mol. The number of likely N-dealkylation sites (N-methyl/N-ethyl adjacent to an activating group) is 1. The molecule has 1 aromatic heterocycles. The maximum atomic E-state index is 12.8. The Hall–Kier alpha value is -0.700. The number of hydrogen-bond acceptors (Lipinski definition) is 5. The zero-order valence-electron chi connectivity index (χ0n) is 11.9. The lowest BCUT2D eigenvalue weighted by molar-refractivity contribution is -0.137. The second kappa shape index (κ2) is 5.83. The highest BCUT2D eigenvalue weighted by Crippen LogP contribution is 2.36. The van der Waals surface area contributed by atoms with Crippen LogP contribution in [0.25, 0.3) is 0 Å². The summed E-state index contributed by atoms with van der Waals surface area (Å²) in [5.41, 5.74) is 0. The summed E-state index contributed by atoms with van der Waals surface area (Å²) in [4.78, 5) is 9.03. The third-order valence-electron chi connectivity index (χ3n) is 4.20. The minimum atomic E-state index is -4.35. The molecule has 0 aromatic carbocycles. The van der Waals surface area contributed by atoms with E-state index >= 15 is 0 Å². The number of hydrogen-bond donors (Lipinski definition) is 1. The topological polar surface area (TPSA) is 31.4 Å². The standard InChI is InChI=1S/C13H19F3N4S/c1-2-17-11(9-8-19-3-5-20(9)6-4-19)10-7-18-12(21-10)13(14,15)16/h7,9,11,17H,2-6,8H2,1H3. The van der Waals surface area contributed by atoms with Crippen LogP contribution in [0.4, 0.5) is 13.2 Å². The number of aromatic nitrogens is 1. The van der Waals surface area contributed by atoms with Gasteiger partial charge in [0, 0.05) is 49.8 Å². The van der Waals surface area contributed by atoms with Crippen LogP contribution in [-0.2, 0) is 6.18 Å². The molecule has 0 amide bonds. The zero-order chi connectivity index (χ0) is 15.0. The maximum Gasteiger partial charge on any atom is 0.443 e. The summed E-state index contributed by atoms with van der Waals surface area (Å²) < 4.78 is 38.3. The normalized spacial score (nSPS) is 30.6. The molecule has 4 rings (SSSR count). The largest absolute Gasteiger partial charge is 0.443 e. The Morgan fingerprint density at radius 3 is 2.57 bits per heavy atom. The quantitative estimate of drug-likeness (QED) is 0.917. The molecular weight excluding hydrogens is 301 g/mol. The van der Waals surface area contributed by atoms with Crippen molar-refractivity contribution < 1.29 is 13.2 Å². The smallest absolute Gasteiger partial charge is 0.308 e. The van der Waals surface area contributed by atoms with Gasteiger partial charge < -0.3 is 5.32 Å². The van der Waals surface area contributed by atoms with Crippen LogP contribution in [0.2, 0.25) is 0 Å². The van der Waals surface area contributed by atoms with Gasteiger partial charge in [-0.2, -0.15) is 13.2 Å². The molecule has 3 aliphatic rings. The van der Waals surface area contributed by atoms with Crippen LogP contribution in [0.3, 0.4) is 0 Å². The van der Waals surface area contributed by atoms with Crippen molar-refractivity contribution in [3.05, 3.63) is 16.1 Å². The van der Waals surface area contributed by atoms with E-state index in [0.717, 1.165) is 50.6 Å². The second-order valence-corrected chi connectivity index (χ2v) is 6.57. The Morgan fingerprint density at radius 2 is 2.10 bits per heavy atom. The number of halogens is 3. The predicted molar refractivity (Wildman–Crippen MR) is 75.3 cm³/mol. The van der Waals surface area contributed by atoms with Crippen molar-refractivity contribution in [2.24, 2.45) is 0 Å². The van der Waals surface area contributed by atoms with Crippen molar-refractivity contribution >= 4 is 11.3 Å². The summed E-state index contributed by atoms with van der Waals surface area (Å²) in [6, 6.07) is 0.153. The summed E-state index contributed by atoms with van der Waals surface area (Å²) >= 11 is 0.765. The lowest BCUT2D eigenvalue weighted by atomic mass is 9.99. The van der Waals surface area contributed by atoms with E-state index in [0.29, 0.717) is 4.88 Å². The fourth-order valence-corrected chi connectivity index (χ4v) is 4.10. The second-order valence-electron chi connectivity index (χ2n) is 5.50. The molecule has 0 saturated carbocycles. The van der Waals surface area contributed by atoms with Gasteiger partial charge in [0.1, 0.15) is 0 Å². The van der Waals surface area contributed by atoms with Crippen LogP contribution in [0.5, 0.6) is 0 Å². The molecule has 1 aromatic rings. The van der Waals surface area contributed by atoms with Crippen molar-refractivity contribution in [2.75, 3.05) is 39.3 Å². The lowest BCUT2D eigenvalue weighted by Gasteiger charge is -2.50. The third-order valence-corrected chi connectivity index (χ3v) is 5.33. The molecule has 4 nitrogen and oxygen atoms in total. The maximum absolute atomic E-state index is 12.8. The van der Waals surface area contributed by atoms with Gasteiger partial charge in [0.15, 0.2) is 5.01 Å². The van der Waals surface area contributed by atoms with E-state index in [9.17, 15) is 13.2 Å². The molecule has 4 heterocycles. The van der Waals surface area contributed by atoms with E-state index in [1.54, 1.807) is 0 Å². The van der Waals surface area contributed by atoms with Gasteiger partial charge in [-0.25, -0.2) is 4.98 Å². The molecule has 0 aliphatic carbocycles. The number of piperazine rings is 3. The van der Waals surface area contributed by atoms with E-state index in [2.05, 4.69) is 20.1 Å². The molecule has 0 spiro atoms. The van der Waals surface area contributed by atoms with Crippen molar-refractivity contribution in [1.29, 1.82) is 0 Å². The molecule has 1 N–H and O–H groups in total. The Kier molecular flexibility index (Phi) is 4.22. The molecule has 3 fully saturated rings. The molecule has 8 heteroatoms. The van der Waals surface area contributed by atoms with Gasteiger partial charge in [0.25, 0.3) is 0 Å². The Bertz CT molecular complexity index is 482. The number of fused-ring (bicyclic) bond motifs is 3. The molecule has 21 heavy (non-hydrogen) atoms. The van der Waals surface area contributed by atoms with Crippen LogP contribution in [-0.4, -0.2) is 60.1 Å². The third kappa shape index (κ3) is 3.08. The predicted octanol–water partition coefficient (Wildman–Crippen LogP) is 1.81. The van der Waals surface area contributed by atoms with E-state index in [1.165, 1.54) is 6.20 Å². The highest BCUT2D eigenvalue weighted by Gasteiger charge is 2.40. The van der Waals surface area contributed by atoms with Crippen LogP contribution < -0.4 is 5.32 Å². The summed E-state index contributed by atoms with van der Waals surface area (Å²) in [6.45, 7) is 7.74. The molecule has 2 unspecified atom stereocenters. The van der Waals surface area contributed by atoms with Gasteiger partial charge in [0.2, 0.25) is 0 Å². The molecule has 3 saturated heterocycles. The van der Waals surface area contributed by atoms with Crippen LogP contribution in [0.1, 0.15) is 22.9 Å². The first-order chi connectivity index (χ1) is 9.99. The van der Waals surface area contributed by atoms with E-state index < -0.39 is 11.2 Å². The summed E-state index contributed by atoms with van der Waals surface area (Å²) in [5.74, 6) is 0. The number of rotatable bonds is 4. The minimum Gasteiger partial charge on any atom is -0.308 e. The zero-order valence-corrected chi connectivity index (χ0v) is 12.7. The first-order valence-corrected chi connectivity index (χ1v) is 8.03.